The van der Waals surface area contributed by atoms with Gasteiger partial charge in [-0.05, 0) is 38.9 Å². The highest BCUT2D eigenvalue weighted by Gasteiger charge is 2.20. The first-order chi connectivity index (χ1) is 11.8. The minimum absolute atomic E-state index is 0.188. The molecule has 6 heteroatoms. The first-order valence-electron chi connectivity index (χ1n) is 8.95. The second-order valence-electron chi connectivity index (χ2n) is 7.34. The number of hydrogen-bond acceptors (Lipinski definition) is 4. The molecule has 0 aromatic heterocycles. The molecule has 0 aliphatic carbocycles. The average molecular weight is 348 g/mol. The lowest BCUT2D eigenvalue weighted by molar-refractivity contribution is 0.0670. The zero-order valence-corrected chi connectivity index (χ0v) is 16.2. The van der Waals surface area contributed by atoms with E-state index in [9.17, 15) is 9.90 Å². The Morgan fingerprint density at radius 2 is 1.76 bits per heavy atom. The molecular formula is C19H32N4O2. The third kappa shape index (κ3) is 5.70. The van der Waals surface area contributed by atoms with Crippen molar-refractivity contribution in [3.8, 4) is 0 Å². The van der Waals surface area contributed by atoms with E-state index >= 15 is 0 Å². The number of aliphatic hydroxyl groups is 1. The highest BCUT2D eigenvalue weighted by Crippen LogP contribution is 2.22. The summed E-state index contributed by atoms with van der Waals surface area (Å²) >= 11 is 0. The number of rotatable bonds is 5. The normalized spacial score (nSPS) is 17.4. The van der Waals surface area contributed by atoms with Gasteiger partial charge in [0.1, 0.15) is 0 Å². The number of likely N-dealkylation sites (N-methyl/N-ethyl adjacent to an activating group) is 2. The molecule has 1 aromatic carbocycles. The number of carbonyl (C=O) groups excluding carboxylic acids is 1. The lowest BCUT2D eigenvalue weighted by Crippen LogP contribution is -2.49. The van der Waals surface area contributed by atoms with Crippen LogP contribution in [0.15, 0.2) is 12.1 Å². The number of nitrogens with one attached hydrogen (secondary N) is 1. The number of aliphatic hydroxyl groups excluding tert-OH is 1. The van der Waals surface area contributed by atoms with Gasteiger partial charge in [0.15, 0.2) is 0 Å². The Kier molecular flexibility index (Phi) is 6.81. The van der Waals surface area contributed by atoms with E-state index in [1.165, 1.54) is 5.56 Å². The van der Waals surface area contributed by atoms with Gasteiger partial charge in [-0.2, -0.15) is 0 Å². The van der Waals surface area contributed by atoms with Gasteiger partial charge in [-0.25, -0.2) is 4.79 Å². The van der Waals surface area contributed by atoms with Gasteiger partial charge in [0.25, 0.3) is 0 Å². The molecule has 1 atom stereocenters. The molecule has 140 valence electrons. The van der Waals surface area contributed by atoms with E-state index in [0.717, 1.165) is 43.0 Å². The van der Waals surface area contributed by atoms with Crippen LogP contribution in [0.4, 0.5) is 10.5 Å². The van der Waals surface area contributed by atoms with Gasteiger partial charge in [-0.15, -0.1) is 0 Å². The van der Waals surface area contributed by atoms with Crippen molar-refractivity contribution in [1.82, 2.24) is 14.7 Å². The van der Waals surface area contributed by atoms with E-state index in [-0.39, 0.29) is 6.03 Å². The van der Waals surface area contributed by atoms with Crippen molar-refractivity contribution in [1.29, 1.82) is 0 Å². The van der Waals surface area contributed by atoms with Gasteiger partial charge in [0.05, 0.1) is 6.10 Å². The SMILES string of the molecule is Cc1cc(C)c(NC(=O)N(C)CC(O)CN2CCN(C)CC2)c(C)c1. The molecule has 1 saturated heterocycles. The van der Waals surface area contributed by atoms with Gasteiger partial charge >= 0.3 is 6.03 Å². The maximum absolute atomic E-state index is 12.5. The largest absolute Gasteiger partial charge is 0.390 e. The topological polar surface area (TPSA) is 59.1 Å². The van der Waals surface area contributed by atoms with Crippen LogP contribution in [0.2, 0.25) is 0 Å². The van der Waals surface area contributed by atoms with Gasteiger partial charge in [-0.1, -0.05) is 17.7 Å². The lowest BCUT2D eigenvalue weighted by Gasteiger charge is -2.34. The third-order valence-electron chi connectivity index (χ3n) is 4.81. The maximum atomic E-state index is 12.5. The molecule has 1 heterocycles. The molecule has 1 fully saturated rings. The zero-order valence-electron chi connectivity index (χ0n) is 16.2. The lowest BCUT2D eigenvalue weighted by atomic mass is 10.1. The quantitative estimate of drug-likeness (QED) is 0.850. The summed E-state index contributed by atoms with van der Waals surface area (Å²) in [7, 11) is 3.84. The second kappa shape index (κ2) is 8.65. The fourth-order valence-electron chi connectivity index (χ4n) is 3.36. The molecule has 25 heavy (non-hydrogen) atoms. The van der Waals surface area contributed by atoms with Gasteiger partial charge in [0, 0.05) is 52.0 Å². The monoisotopic (exact) mass is 348 g/mol. The van der Waals surface area contributed by atoms with Crippen molar-refractivity contribution in [3.63, 3.8) is 0 Å². The predicted molar refractivity (Wildman–Crippen MR) is 102 cm³/mol. The molecule has 1 unspecified atom stereocenters. The van der Waals surface area contributed by atoms with Gasteiger partial charge in [0.2, 0.25) is 0 Å². The summed E-state index contributed by atoms with van der Waals surface area (Å²) in [4.78, 5) is 18.6. The number of β-amino-alcohol motifs (C(OH)–C–C–N with tert-alkyl or cyclic N) is 1. The molecule has 0 radical (unpaired) electrons. The summed E-state index contributed by atoms with van der Waals surface area (Å²) < 4.78 is 0. The Hall–Kier alpha value is -1.63. The van der Waals surface area contributed by atoms with Crippen LogP contribution in [0.1, 0.15) is 16.7 Å². The Balaban J connectivity index is 1.85. The molecule has 1 aliphatic rings. The Morgan fingerprint density at radius 3 is 2.32 bits per heavy atom. The summed E-state index contributed by atoms with van der Waals surface area (Å²) in [5.41, 5.74) is 4.15. The number of urea groups is 1. The van der Waals surface area contributed by atoms with Crippen molar-refractivity contribution < 1.29 is 9.90 Å². The molecule has 1 aliphatic heterocycles. The standard InChI is InChI=1S/C19H32N4O2/c1-14-10-15(2)18(16(3)11-14)20-19(25)22(5)12-17(24)13-23-8-6-21(4)7-9-23/h10-11,17,24H,6-9,12-13H2,1-5H3,(H,20,25). The first kappa shape index (κ1) is 19.7. The first-order valence-corrected chi connectivity index (χ1v) is 8.95. The summed E-state index contributed by atoms with van der Waals surface area (Å²) in [5, 5.41) is 13.3. The van der Waals surface area contributed by atoms with Crippen molar-refractivity contribution >= 4 is 11.7 Å². The number of benzene rings is 1. The van der Waals surface area contributed by atoms with Crippen molar-refractivity contribution in [2.75, 3.05) is 58.7 Å². The van der Waals surface area contributed by atoms with Crippen LogP contribution in [0, 0.1) is 20.8 Å². The Morgan fingerprint density at radius 1 is 1.20 bits per heavy atom. The van der Waals surface area contributed by atoms with Crippen molar-refractivity contribution in [2.24, 2.45) is 0 Å². The molecule has 2 rings (SSSR count). The Labute approximate surface area is 151 Å². The minimum Gasteiger partial charge on any atom is -0.390 e. The number of amides is 2. The summed E-state index contributed by atoms with van der Waals surface area (Å²) in [6, 6.07) is 3.93. The van der Waals surface area contributed by atoms with Crippen molar-refractivity contribution in [3.05, 3.63) is 28.8 Å². The molecule has 0 bridgehead atoms. The van der Waals surface area contributed by atoms with Gasteiger partial charge < -0.3 is 20.2 Å². The fraction of sp³-hybridized carbons (Fsp3) is 0.632. The molecule has 0 saturated carbocycles. The number of nitrogens with zero attached hydrogens (tertiary/aromatic N) is 3. The van der Waals surface area contributed by atoms with Crippen LogP contribution < -0.4 is 5.32 Å². The highest BCUT2D eigenvalue weighted by atomic mass is 16.3. The maximum Gasteiger partial charge on any atom is 0.321 e. The summed E-state index contributed by atoms with van der Waals surface area (Å²) in [6.45, 7) is 10.9. The molecule has 2 N–H and O–H groups in total. The molecule has 2 amide bonds. The van der Waals surface area contributed by atoms with E-state index in [0.29, 0.717) is 13.1 Å². The van der Waals surface area contributed by atoms with Crippen LogP contribution in [-0.2, 0) is 0 Å². The highest BCUT2D eigenvalue weighted by molar-refractivity contribution is 5.91. The van der Waals surface area contributed by atoms with Crippen LogP contribution in [0.25, 0.3) is 0 Å². The molecule has 0 spiro atoms. The van der Waals surface area contributed by atoms with Crippen LogP contribution >= 0.6 is 0 Å². The summed E-state index contributed by atoms with van der Waals surface area (Å²) in [6.07, 6.45) is -0.542. The molecule has 6 nitrogen and oxygen atoms in total. The van der Waals surface area contributed by atoms with Gasteiger partial charge in [-0.3, -0.25) is 4.90 Å². The molecule has 1 aromatic rings. The Bertz CT molecular complexity index is 574. The third-order valence-corrected chi connectivity index (χ3v) is 4.81. The van der Waals surface area contributed by atoms with Crippen LogP contribution in [0.3, 0.4) is 0 Å². The zero-order chi connectivity index (χ0) is 18.6. The number of anilines is 1. The molecular weight excluding hydrogens is 316 g/mol. The van der Waals surface area contributed by atoms with E-state index < -0.39 is 6.10 Å². The predicted octanol–water partition coefficient (Wildman–Crippen LogP) is 1.68. The van der Waals surface area contributed by atoms with E-state index in [1.54, 1.807) is 11.9 Å². The van der Waals surface area contributed by atoms with E-state index in [2.05, 4.69) is 34.3 Å². The van der Waals surface area contributed by atoms with Crippen LogP contribution in [-0.4, -0.2) is 85.3 Å². The number of aryl methyl sites for hydroxylation is 3. The smallest absolute Gasteiger partial charge is 0.321 e. The van der Waals surface area contributed by atoms with E-state index in [4.69, 9.17) is 0 Å². The second-order valence-corrected chi connectivity index (χ2v) is 7.34. The number of piperazine rings is 1. The number of hydrogen-bond donors (Lipinski definition) is 2. The van der Waals surface area contributed by atoms with Crippen LogP contribution in [0.5, 0.6) is 0 Å². The van der Waals surface area contributed by atoms with E-state index in [1.807, 2.05) is 20.8 Å². The minimum atomic E-state index is -0.542. The fourth-order valence-corrected chi connectivity index (χ4v) is 3.36. The number of carbonyl (C=O) groups is 1. The van der Waals surface area contributed by atoms with Crippen molar-refractivity contribution in [2.45, 2.75) is 26.9 Å². The average Bonchev–Trinajstić information content (AvgIpc) is 2.52. The summed E-state index contributed by atoms with van der Waals surface area (Å²) in [5.74, 6) is 0.